The molecule has 6 heterocycles. The van der Waals surface area contributed by atoms with Gasteiger partial charge >= 0.3 is 12.1 Å². The molecule has 0 N–H and O–H groups in total. The van der Waals surface area contributed by atoms with E-state index in [0.717, 1.165) is 54.1 Å². The fourth-order valence-corrected chi connectivity index (χ4v) is 9.14. The van der Waals surface area contributed by atoms with Crippen LogP contribution in [0, 0.1) is 11.7 Å². The maximum absolute atomic E-state index is 17.3. The fraction of sp³-hybridized carbons (Fsp3) is 0.550. The zero-order chi connectivity index (χ0) is 36.4. The van der Waals surface area contributed by atoms with Crippen LogP contribution in [0.1, 0.15) is 64.5 Å². The molecule has 2 aromatic heterocycles. The molecule has 4 aliphatic rings. The number of hydrogen-bond donors (Lipinski definition) is 0. The lowest BCUT2D eigenvalue weighted by Crippen LogP contribution is -2.46. The summed E-state index contributed by atoms with van der Waals surface area (Å²) in [5.74, 6) is 0.140. The van der Waals surface area contributed by atoms with Crippen molar-refractivity contribution in [3.05, 3.63) is 53.5 Å². The van der Waals surface area contributed by atoms with Crippen molar-refractivity contribution in [2.45, 2.75) is 89.8 Å². The van der Waals surface area contributed by atoms with Crippen molar-refractivity contribution in [3.8, 4) is 17.3 Å². The molecule has 4 saturated heterocycles. The largest absolute Gasteiger partial charge is 0.461 e. The first-order valence-corrected chi connectivity index (χ1v) is 18.6. The number of fused-ring (bicyclic) bond motifs is 5. The molecule has 1 amide bonds. The summed E-state index contributed by atoms with van der Waals surface area (Å²) in [6.45, 7) is 11.2. The Balaban J connectivity index is 1.23. The minimum atomic E-state index is -0.906. The van der Waals surface area contributed by atoms with Gasteiger partial charge in [0, 0.05) is 51.5 Å². The number of ether oxygens (including phenoxy) is 3. The fourth-order valence-electron chi connectivity index (χ4n) is 9.14. The average Bonchev–Trinajstić information content (AvgIpc) is 3.74. The van der Waals surface area contributed by atoms with Gasteiger partial charge in [-0.2, -0.15) is 9.97 Å². The molecule has 2 bridgehead atoms. The van der Waals surface area contributed by atoms with Crippen LogP contribution < -0.4 is 9.64 Å². The minimum Gasteiger partial charge on any atom is -0.461 e. The van der Waals surface area contributed by atoms with Gasteiger partial charge in [-0.25, -0.2) is 13.6 Å². The lowest BCUT2D eigenvalue weighted by Gasteiger charge is -2.34. The zero-order valence-corrected chi connectivity index (χ0v) is 30.8. The highest BCUT2D eigenvalue weighted by Gasteiger charge is 2.49. The predicted octanol–water partition coefficient (Wildman–Crippen LogP) is 7.09. The van der Waals surface area contributed by atoms with Crippen LogP contribution in [0.25, 0.3) is 32.9 Å². The van der Waals surface area contributed by atoms with Gasteiger partial charge in [0.1, 0.15) is 35.4 Å². The second-order valence-corrected chi connectivity index (χ2v) is 16.1. The van der Waals surface area contributed by atoms with Crippen LogP contribution in [0.2, 0.25) is 0 Å². The van der Waals surface area contributed by atoms with E-state index in [4.69, 9.17) is 29.2 Å². The number of hydrogen-bond acceptors (Lipinski definition) is 9. The number of carbonyl (C=O) groups excluding carboxylic acids is 1. The highest BCUT2D eigenvalue weighted by molar-refractivity contribution is 6.01. The number of methoxy groups -OCH3 is 1. The number of alkyl halides is 1. The van der Waals surface area contributed by atoms with Crippen molar-refractivity contribution in [2.24, 2.45) is 5.92 Å². The molecule has 4 fully saturated rings. The van der Waals surface area contributed by atoms with E-state index in [1.807, 2.05) is 43.9 Å². The van der Waals surface area contributed by atoms with Gasteiger partial charge in [0.2, 0.25) is 0 Å². The minimum absolute atomic E-state index is 0.0521. The number of nitrogens with zero attached hydrogens (tertiary/aromatic N) is 6. The first-order valence-electron chi connectivity index (χ1n) is 18.6. The Bertz CT molecular complexity index is 2020. The maximum atomic E-state index is 17.3. The van der Waals surface area contributed by atoms with Crippen LogP contribution in [-0.4, -0.2) is 101 Å². The second-order valence-electron chi connectivity index (χ2n) is 16.1. The van der Waals surface area contributed by atoms with Gasteiger partial charge in [-0.15, -0.1) is 0 Å². The van der Waals surface area contributed by atoms with E-state index in [0.29, 0.717) is 56.0 Å². The molecule has 52 heavy (non-hydrogen) atoms. The standard InChI is InChI=1S/C40H48F2N6O4/c1-6-26-9-7-10-27-13-24(22-50-5)15-30(32(26)27)34-33(42)35-31(17-43-34)36(45-37(44-35)51-23-40-11-8-12-47(40)20-28(41)16-40)46-18-25-14-29(21-46)48(19-25)38(49)52-39(2,3)4/h7,9-10,13,15,17,25,28-29H,6,8,11-12,14,16,18-23H2,1-5H3/t25-,28-,29+,40+/m1/s1. The number of amides is 1. The van der Waals surface area contributed by atoms with Crippen molar-refractivity contribution in [1.82, 2.24) is 24.8 Å². The van der Waals surface area contributed by atoms with E-state index in [9.17, 15) is 9.18 Å². The summed E-state index contributed by atoms with van der Waals surface area (Å²) in [5.41, 5.74) is 1.95. The molecule has 8 rings (SSSR count). The normalized spacial score (nSPS) is 24.6. The first-order chi connectivity index (χ1) is 24.9. The van der Waals surface area contributed by atoms with Crippen LogP contribution in [0.15, 0.2) is 36.5 Å². The highest BCUT2D eigenvalue weighted by atomic mass is 19.1. The number of anilines is 1. The van der Waals surface area contributed by atoms with Crippen LogP contribution in [0.4, 0.5) is 19.4 Å². The van der Waals surface area contributed by atoms with Gasteiger partial charge in [-0.1, -0.05) is 25.1 Å². The Hall–Kier alpha value is -4.16. The molecule has 0 saturated carbocycles. The number of benzene rings is 2. The lowest BCUT2D eigenvalue weighted by atomic mass is 9.93. The first kappa shape index (κ1) is 34.9. The van der Waals surface area contributed by atoms with Gasteiger partial charge < -0.3 is 24.0 Å². The third kappa shape index (κ3) is 6.31. The predicted molar refractivity (Wildman–Crippen MR) is 196 cm³/mol. The summed E-state index contributed by atoms with van der Waals surface area (Å²) < 4.78 is 49.5. The smallest absolute Gasteiger partial charge is 0.410 e. The lowest BCUT2D eigenvalue weighted by molar-refractivity contribution is 0.0233. The number of aromatic nitrogens is 3. The van der Waals surface area contributed by atoms with Crippen molar-refractivity contribution < 1.29 is 27.8 Å². The molecule has 12 heteroatoms. The monoisotopic (exact) mass is 714 g/mol. The number of rotatable bonds is 8. The molecule has 0 unspecified atom stereocenters. The molecule has 10 nitrogen and oxygen atoms in total. The third-order valence-corrected chi connectivity index (χ3v) is 11.3. The zero-order valence-electron chi connectivity index (χ0n) is 30.8. The molecular weight excluding hydrogens is 666 g/mol. The van der Waals surface area contributed by atoms with Crippen molar-refractivity contribution in [3.63, 3.8) is 0 Å². The van der Waals surface area contributed by atoms with E-state index in [1.165, 1.54) is 0 Å². The Morgan fingerprint density at radius 2 is 1.96 bits per heavy atom. The summed E-state index contributed by atoms with van der Waals surface area (Å²) >= 11 is 0. The topological polar surface area (TPSA) is 93.2 Å². The molecule has 4 aromatic rings. The molecule has 4 aliphatic heterocycles. The van der Waals surface area contributed by atoms with Gasteiger partial charge in [0.15, 0.2) is 5.82 Å². The van der Waals surface area contributed by atoms with E-state index >= 15 is 4.39 Å². The Morgan fingerprint density at radius 1 is 1.12 bits per heavy atom. The molecular formula is C40H48F2N6O4. The summed E-state index contributed by atoms with van der Waals surface area (Å²) in [7, 11) is 1.64. The molecule has 0 radical (unpaired) electrons. The highest BCUT2D eigenvalue weighted by Crippen LogP contribution is 2.42. The second kappa shape index (κ2) is 13.4. The molecule has 276 valence electrons. The van der Waals surface area contributed by atoms with E-state index in [2.05, 4.69) is 28.9 Å². The Kier molecular flexibility index (Phi) is 8.97. The van der Waals surface area contributed by atoms with E-state index in [-0.39, 0.29) is 41.9 Å². The average molecular weight is 715 g/mol. The van der Waals surface area contributed by atoms with Gasteiger partial charge in [-0.05, 0) is 92.9 Å². The van der Waals surface area contributed by atoms with Gasteiger partial charge in [-0.3, -0.25) is 9.88 Å². The number of carbonyl (C=O) groups is 1. The number of halogens is 2. The third-order valence-electron chi connectivity index (χ3n) is 11.3. The van der Waals surface area contributed by atoms with E-state index < -0.39 is 23.1 Å². The van der Waals surface area contributed by atoms with Crippen LogP contribution >= 0.6 is 0 Å². The van der Waals surface area contributed by atoms with Gasteiger partial charge in [0.05, 0.1) is 23.6 Å². The van der Waals surface area contributed by atoms with Crippen molar-refractivity contribution in [2.75, 3.05) is 51.3 Å². The van der Waals surface area contributed by atoms with Crippen molar-refractivity contribution in [1.29, 1.82) is 0 Å². The van der Waals surface area contributed by atoms with Crippen LogP contribution in [-0.2, 0) is 22.5 Å². The van der Waals surface area contributed by atoms with Gasteiger partial charge in [0.25, 0.3) is 0 Å². The summed E-state index contributed by atoms with van der Waals surface area (Å²) in [5, 5.41) is 2.40. The Labute approximate surface area is 303 Å². The number of pyridine rings is 1. The molecule has 4 atom stereocenters. The number of likely N-dealkylation sites (tertiary alicyclic amines) is 1. The summed E-state index contributed by atoms with van der Waals surface area (Å²) in [6.07, 6.45) is 4.26. The summed E-state index contributed by atoms with van der Waals surface area (Å²) in [6, 6.07) is 10.1. The molecule has 0 spiro atoms. The van der Waals surface area contributed by atoms with Crippen LogP contribution in [0.3, 0.4) is 0 Å². The quantitative estimate of drug-likeness (QED) is 0.190. The molecule has 0 aliphatic carbocycles. The Morgan fingerprint density at radius 3 is 2.75 bits per heavy atom. The number of aryl methyl sites for hydroxylation is 1. The summed E-state index contributed by atoms with van der Waals surface area (Å²) in [4.78, 5) is 33.7. The van der Waals surface area contributed by atoms with Crippen molar-refractivity contribution >= 4 is 33.6 Å². The molecule has 2 aromatic carbocycles. The maximum Gasteiger partial charge on any atom is 0.410 e. The number of piperidine rings is 1. The SMILES string of the molecule is CCc1cccc2cc(COC)cc(-c3ncc4c(N5C[C@H]6C[C@@H](C5)N(C(=O)OC(C)(C)C)C6)nc(OC[C@@]56CCCN5C[C@H](F)C6)nc4c3F)c12. The van der Waals surface area contributed by atoms with E-state index in [1.54, 1.807) is 13.3 Å². The van der Waals surface area contributed by atoms with Crippen LogP contribution in [0.5, 0.6) is 6.01 Å².